The van der Waals surface area contributed by atoms with Crippen molar-refractivity contribution in [2.75, 3.05) is 5.32 Å². The third-order valence-electron chi connectivity index (χ3n) is 8.55. The van der Waals surface area contributed by atoms with Gasteiger partial charge in [0.2, 0.25) is 5.82 Å². The number of aliphatic hydroxyl groups is 2. The molecule has 4 aromatic rings. The maximum atomic E-state index is 12.4. The van der Waals surface area contributed by atoms with Gasteiger partial charge in [-0.1, -0.05) is 53.9 Å². The van der Waals surface area contributed by atoms with Crippen molar-refractivity contribution < 1.29 is 15.0 Å². The number of hydrogen-bond donors (Lipinski definition) is 3. The van der Waals surface area contributed by atoms with Gasteiger partial charge in [-0.3, -0.25) is 4.79 Å². The van der Waals surface area contributed by atoms with Gasteiger partial charge in [0.25, 0.3) is 0 Å². The molecule has 0 amide bonds. The Labute approximate surface area is 230 Å². The minimum Gasteiger partial charge on any atom is -0.389 e. The molecule has 3 N–H and O–H groups in total. The van der Waals surface area contributed by atoms with Crippen LogP contribution < -0.4 is 5.32 Å². The zero-order valence-electron chi connectivity index (χ0n) is 21.1. The number of halogens is 1. The van der Waals surface area contributed by atoms with E-state index in [-0.39, 0.29) is 17.7 Å². The zero-order chi connectivity index (χ0) is 26.9. The van der Waals surface area contributed by atoms with Crippen molar-refractivity contribution >= 4 is 34.4 Å². The van der Waals surface area contributed by atoms with Crippen LogP contribution in [0.2, 0.25) is 5.02 Å². The molecule has 8 nitrogen and oxygen atoms in total. The van der Waals surface area contributed by atoms with Gasteiger partial charge >= 0.3 is 0 Å². The van der Waals surface area contributed by atoms with Gasteiger partial charge in [-0.25, -0.2) is 15.0 Å². The summed E-state index contributed by atoms with van der Waals surface area (Å²) in [5.74, 6) is 7.09. The predicted octanol–water partition coefficient (Wildman–Crippen LogP) is 3.72. The largest absolute Gasteiger partial charge is 0.389 e. The molecule has 0 saturated heterocycles. The Bertz CT molecular complexity index is 1680. The fourth-order valence-electron chi connectivity index (χ4n) is 6.36. The summed E-state index contributed by atoms with van der Waals surface area (Å²) in [5, 5.41) is 25.9. The molecule has 3 fully saturated rings. The van der Waals surface area contributed by atoms with Gasteiger partial charge in [-0.2, -0.15) is 0 Å². The first kappa shape index (κ1) is 24.3. The minimum atomic E-state index is -1.12. The molecule has 0 spiro atoms. The van der Waals surface area contributed by atoms with E-state index in [0.717, 1.165) is 12.0 Å². The lowest BCUT2D eigenvalue weighted by atomic mass is 9.95. The summed E-state index contributed by atoms with van der Waals surface area (Å²) in [6, 6.07) is 17.3. The number of rotatable bonds is 5. The van der Waals surface area contributed by atoms with E-state index < -0.39 is 23.7 Å². The topological polar surface area (TPSA) is 113 Å². The molecule has 2 aromatic carbocycles. The van der Waals surface area contributed by atoms with Crippen molar-refractivity contribution in [1.29, 1.82) is 0 Å². The van der Waals surface area contributed by atoms with Gasteiger partial charge in [0.15, 0.2) is 17.0 Å². The third-order valence-corrected chi connectivity index (χ3v) is 8.79. The number of benzene rings is 2. The Balaban J connectivity index is 1.29. The number of imidazole rings is 1. The number of carbonyl (C=O) groups is 1. The van der Waals surface area contributed by atoms with Gasteiger partial charge in [0.05, 0.1) is 23.9 Å². The molecule has 3 aliphatic rings. The number of fused-ring (bicyclic) bond motifs is 2. The third kappa shape index (κ3) is 3.92. The first-order valence-electron chi connectivity index (χ1n) is 13.1. The number of hydrogen-bond acceptors (Lipinski definition) is 7. The van der Waals surface area contributed by atoms with Gasteiger partial charge in [-0.15, -0.1) is 0 Å². The lowest BCUT2D eigenvalue weighted by molar-refractivity contribution is -0.128. The SMILES string of the molecule is CC(=O)[C@@]12CC1[C@@H](n1cnc3c(NC4CC4c4ccccc4)nc(C#Cc4cccc(Cl)c4)nc31)[C@H](O)C2O. The normalized spacial score (nSPS) is 30.4. The molecule has 196 valence electrons. The summed E-state index contributed by atoms with van der Waals surface area (Å²) in [6.45, 7) is 1.48. The van der Waals surface area contributed by atoms with Crippen LogP contribution in [0.15, 0.2) is 60.9 Å². The lowest BCUT2D eigenvalue weighted by Gasteiger charge is -2.23. The van der Waals surface area contributed by atoms with Crippen LogP contribution in [0.1, 0.15) is 48.7 Å². The molecule has 7 atom stereocenters. The van der Waals surface area contributed by atoms with Crippen LogP contribution in [-0.2, 0) is 4.79 Å². The number of nitrogens with zero attached hydrogens (tertiary/aromatic N) is 4. The average Bonchev–Trinajstić information content (AvgIpc) is 3.81. The van der Waals surface area contributed by atoms with Crippen LogP contribution in [-0.4, -0.2) is 53.8 Å². The Morgan fingerprint density at radius 1 is 1.13 bits per heavy atom. The Kier molecular flexibility index (Phi) is 5.53. The zero-order valence-corrected chi connectivity index (χ0v) is 21.9. The second-order valence-corrected chi connectivity index (χ2v) is 11.3. The Morgan fingerprint density at radius 2 is 1.95 bits per heavy atom. The summed E-state index contributed by atoms with van der Waals surface area (Å²) < 4.78 is 1.78. The van der Waals surface area contributed by atoms with Crippen molar-refractivity contribution in [1.82, 2.24) is 19.5 Å². The van der Waals surface area contributed by atoms with Crippen LogP contribution >= 0.6 is 11.6 Å². The number of Topliss-reactive ketones (excluding diaryl/α,β-unsaturated/α-hetero) is 1. The van der Waals surface area contributed by atoms with E-state index >= 15 is 0 Å². The first-order valence-corrected chi connectivity index (χ1v) is 13.5. The quantitative estimate of drug-likeness (QED) is 0.331. The number of carbonyl (C=O) groups excluding carboxylic acids is 1. The molecule has 2 heterocycles. The van der Waals surface area contributed by atoms with E-state index in [0.29, 0.717) is 40.2 Å². The van der Waals surface area contributed by atoms with Crippen LogP contribution in [0.3, 0.4) is 0 Å². The lowest BCUT2D eigenvalue weighted by Crippen LogP contribution is -2.36. The average molecular weight is 540 g/mol. The van der Waals surface area contributed by atoms with Crippen molar-refractivity contribution in [3.8, 4) is 11.8 Å². The summed E-state index contributed by atoms with van der Waals surface area (Å²) in [4.78, 5) is 26.5. The van der Waals surface area contributed by atoms with E-state index in [2.05, 4.69) is 34.3 Å². The molecule has 4 unspecified atom stereocenters. The van der Waals surface area contributed by atoms with Crippen molar-refractivity contribution in [3.05, 3.63) is 82.9 Å². The Hall–Kier alpha value is -3.77. The van der Waals surface area contributed by atoms with E-state index in [1.54, 1.807) is 23.0 Å². The predicted molar refractivity (Wildman–Crippen MR) is 146 cm³/mol. The fraction of sp³-hybridized carbons (Fsp3) is 0.333. The highest BCUT2D eigenvalue weighted by Gasteiger charge is 2.74. The van der Waals surface area contributed by atoms with Gasteiger partial charge in [-0.05, 0) is 55.4 Å². The van der Waals surface area contributed by atoms with Crippen LogP contribution in [0.5, 0.6) is 0 Å². The van der Waals surface area contributed by atoms with Crippen molar-refractivity contribution in [2.45, 2.75) is 50.0 Å². The number of nitrogens with one attached hydrogen (secondary N) is 1. The maximum absolute atomic E-state index is 12.4. The molecule has 39 heavy (non-hydrogen) atoms. The molecular weight excluding hydrogens is 514 g/mol. The molecule has 9 heteroatoms. The van der Waals surface area contributed by atoms with Crippen LogP contribution in [0.25, 0.3) is 11.2 Å². The highest BCUT2D eigenvalue weighted by molar-refractivity contribution is 6.30. The number of ketones is 1. The maximum Gasteiger partial charge on any atom is 0.209 e. The fourth-order valence-corrected chi connectivity index (χ4v) is 6.55. The monoisotopic (exact) mass is 539 g/mol. The number of aliphatic hydroxyl groups excluding tert-OH is 2. The molecular formula is C30H26ClN5O3. The van der Waals surface area contributed by atoms with E-state index in [9.17, 15) is 15.0 Å². The van der Waals surface area contributed by atoms with Crippen molar-refractivity contribution in [2.24, 2.45) is 11.3 Å². The highest BCUT2D eigenvalue weighted by atomic mass is 35.5. The summed E-state index contributed by atoms with van der Waals surface area (Å²) in [5.41, 5.74) is 2.16. The van der Waals surface area contributed by atoms with Gasteiger partial charge in [0, 0.05) is 22.5 Å². The Morgan fingerprint density at radius 3 is 2.69 bits per heavy atom. The summed E-state index contributed by atoms with van der Waals surface area (Å²) in [6.07, 6.45) is 0.889. The second kappa shape index (κ2) is 8.88. The van der Waals surface area contributed by atoms with Crippen molar-refractivity contribution in [3.63, 3.8) is 0 Å². The van der Waals surface area contributed by atoms with Crippen LogP contribution in [0, 0.1) is 23.2 Å². The van der Waals surface area contributed by atoms with Crippen LogP contribution in [0.4, 0.5) is 5.82 Å². The number of anilines is 1. The molecule has 0 bridgehead atoms. The molecule has 3 saturated carbocycles. The molecule has 2 aromatic heterocycles. The molecule has 3 aliphatic carbocycles. The molecule has 0 aliphatic heterocycles. The van der Waals surface area contributed by atoms with E-state index in [1.165, 1.54) is 12.5 Å². The van der Waals surface area contributed by atoms with E-state index in [1.807, 2.05) is 30.3 Å². The van der Waals surface area contributed by atoms with Gasteiger partial charge < -0.3 is 20.1 Å². The van der Waals surface area contributed by atoms with Gasteiger partial charge in [0.1, 0.15) is 11.9 Å². The molecule has 7 rings (SSSR count). The summed E-state index contributed by atoms with van der Waals surface area (Å²) >= 11 is 6.12. The second-order valence-electron chi connectivity index (χ2n) is 10.8. The number of aromatic nitrogens is 4. The standard InChI is InChI=1S/C30H26ClN5O3/c1-16(37)30-14-21(30)25(26(38)27(30)39)36-15-32-24-28(33-22-13-20(22)18-7-3-2-4-8-18)34-23(35-29(24)36)11-10-17-6-5-9-19(31)12-17/h2-9,12,15,20-22,25-27,38-39H,13-14H2,1H3,(H,33,34,35)/t20?,21?,22?,25-,26+,27?,30+/m1/s1. The highest BCUT2D eigenvalue weighted by Crippen LogP contribution is 2.68. The molecule has 0 radical (unpaired) electrons. The smallest absolute Gasteiger partial charge is 0.209 e. The summed E-state index contributed by atoms with van der Waals surface area (Å²) in [7, 11) is 0. The first-order chi connectivity index (χ1) is 18.9. The minimum absolute atomic E-state index is 0.100. The van der Waals surface area contributed by atoms with E-state index in [4.69, 9.17) is 21.6 Å².